The number of anilines is 2. The number of nitrogens with zero attached hydrogens (tertiary/aromatic N) is 2. The second-order valence-electron chi connectivity index (χ2n) is 5.88. The zero-order chi connectivity index (χ0) is 18.6. The molecule has 0 spiro atoms. The number of para-hydroxylation sites is 2. The van der Waals surface area contributed by atoms with E-state index in [0.29, 0.717) is 22.9 Å². The maximum atomic E-state index is 12.7. The van der Waals surface area contributed by atoms with Gasteiger partial charge in [-0.3, -0.25) is 9.72 Å². The molecule has 2 amide bonds. The van der Waals surface area contributed by atoms with Gasteiger partial charge in [0.25, 0.3) is 0 Å². The van der Waals surface area contributed by atoms with Crippen molar-refractivity contribution in [2.24, 2.45) is 0 Å². The van der Waals surface area contributed by atoms with Crippen molar-refractivity contribution in [3.63, 3.8) is 0 Å². The van der Waals surface area contributed by atoms with Gasteiger partial charge in [0.1, 0.15) is 22.9 Å². The minimum atomic E-state index is -0.373. The number of aromatic nitrogens is 2. The van der Waals surface area contributed by atoms with E-state index < -0.39 is 0 Å². The molecule has 0 unspecified atom stereocenters. The molecule has 134 valence electrons. The Kier molecular flexibility index (Phi) is 4.45. The number of carbonyl (C=O) groups excluding carboxylic acids is 1. The lowest BCUT2D eigenvalue weighted by Crippen LogP contribution is -2.21. The number of hydrogen-bond donors (Lipinski definition) is 2. The summed E-state index contributed by atoms with van der Waals surface area (Å²) in [4.78, 5) is 17.3. The third-order valence-corrected chi connectivity index (χ3v) is 4.16. The molecule has 0 radical (unpaired) electrons. The van der Waals surface area contributed by atoms with Gasteiger partial charge in [0.2, 0.25) is 0 Å². The number of pyridine rings is 1. The van der Waals surface area contributed by atoms with Crippen LogP contribution in [0.4, 0.5) is 16.3 Å². The molecule has 6 heteroatoms. The van der Waals surface area contributed by atoms with E-state index in [1.54, 1.807) is 19.2 Å². The number of urea groups is 1. The van der Waals surface area contributed by atoms with Gasteiger partial charge in [-0.1, -0.05) is 48.5 Å². The minimum absolute atomic E-state index is 0.373. The first-order chi connectivity index (χ1) is 13.3. The van der Waals surface area contributed by atoms with Crippen LogP contribution in [0.25, 0.3) is 16.9 Å². The van der Waals surface area contributed by atoms with Gasteiger partial charge in [0.15, 0.2) is 0 Å². The number of imidazole rings is 1. The highest BCUT2D eigenvalue weighted by Crippen LogP contribution is 2.29. The summed E-state index contributed by atoms with van der Waals surface area (Å²) in [5.41, 5.74) is 2.97. The largest absolute Gasteiger partial charge is 0.495 e. The number of methoxy groups -OCH3 is 1. The molecule has 2 N–H and O–H groups in total. The number of nitrogens with one attached hydrogen (secondary N) is 2. The highest BCUT2D eigenvalue weighted by atomic mass is 16.5. The maximum absolute atomic E-state index is 12.7. The molecule has 0 fully saturated rings. The lowest BCUT2D eigenvalue weighted by molar-refractivity contribution is 0.262. The van der Waals surface area contributed by atoms with E-state index in [2.05, 4.69) is 15.6 Å². The van der Waals surface area contributed by atoms with E-state index in [9.17, 15) is 4.79 Å². The summed E-state index contributed by atoms with van der Waals surface area (Å²) in [6.07, 6.45) is 1.87. The number of carbonyl (C=O) groups is 1. The van der Waals surface area contributed by atoms with E-state index in [-0.39, 0.29) is 6.03 Å². The second-order valence-corrected chi connectivity index (χ2v) is 5.88. The molecule has 0 saturated carbocycles. The van der Waals surface area contributed by atoms with E-state index in [1.165, 1.54) is 0 Å². The second kappa shape index (κ2) is 7.21. The summed E-state index contributed by atoms with van der Waals surface area (Å²) in [5, 5.41) is 5.75. The van der Waals surface area contributed by atoms with Gasteiger partial charge in [-0.15, -0.1) is 0 Å². The molecule has 0 aliphatic rings. The Balaban J connectivity index is 1.70. The van der Waals surface area contributed by atoms with Crippen molar-refractivity contribution < 1.29 is 9.53 Å². The molecular weight excluding hydrogens is 340 g/mol. The third-order valence-electron chi connectivity index (χ3n) is 4.16. The number of fused-ring (bicyclic) bond motifs is 1. The van der Waals surface area contributed by atoms with Crippen molar-refractivity contribution in [3.8, 4) is 17.0 Å². The number of hydrogen-bond acceptors (Lipinski definition) is 3. The number of amides is 2. The van der Waals surface area contributed by atoms with Crippen LogP contribution in [0.5, 0.6) is 5.75 Å². The molecule has 4 aromatic rings. The lowest BCUT2D eigenvalue weighted by Gasteiger charge is -2.12. The Morgan fingerprint density at radius 1 is 0.926 bits per heavy atom. The fourth-order valence-electron chi connectivity index (χ4n) is 2.92. The molecule has 0 bridgehead atoms. The lowest BCUT2D eigenvalue weighted by atomic mass is 10.1. The van der Waals surface area contributed by atoms with Crippen molar-refractivity contribution in [1.29, 1.82) is 0 Å². The van der Waals surface area contributed by atoms with E-state index in [1.807, 2.05) is 71.3 Å². The van der Waals surface area contributed by atoms with Crippen molar-refractivity contribution in [1.82, 2.24) is 9.38 Å². The standard InChI is InChI=1S/C21H18N4O2/c1-27-17-12-6-5-11-16(17)22-21(26)24-20-19(15-9-3-2-4-10-15)23-18-13-7-8-14-25(18)20/h2-14H,1H3,(H2,22,24,26). The first kappa shape index (κ1) is 16.7. The van der Waals surface area contributed by atoms with Crippen LogP contribution in [0, 0.1) is 0 Å². The molecule has 0 atom stereocenters. The zero-order valence-corrected chi connectivity index (χ0v) is 14.7. The van der Waals surface area contributed by atoms with E-state index in [0.717, 1.165) is 11.2 Å². The van der Waals surface area contributed by atoms with Gasteiger partial charge >= 0.3 is 6.03 Å². The van der Waals surface area contributed by atoms with Crippen LogP contribution in [0.15, 0.2) is 79.0 Å². The highest BCUT2D eigenvalue weighted by Gasteiger charge is 2.16. The van der Waals surface area contributed by atoms with Crippen molar-refractivity contribution in [2.45, 2.75) is 0 Å². The normalized spacial score (nSPS) is 10.6. The van der Waals surface area contributed by atoms with Crippen molar-refractivity contribution >= 4 is 23.2 Å². The summed E-state index contributed by atoms with van der Waals surface area (Å²) in [6.45, 7) is 0. The Hall–Kier alpha value is -3.80. The summed E-state index contributed by atoms with van der Waals surface area (Å²) < 4.78 is 7.14. The average molecular weight is 358 g/mol. The summed E-state index contributed by atoms with van der Waals surface area (Å²) >= 11 is 0. The fourth-order valence-corrected chi connectivity index (χ4v) is 2.92. The third kappa shape index (κ3) is 3.32. The van der Waals surface area contributed by atoms with Crippen LogP contribution in [0.1, 0.15) is 0 Å². The molecular formula is C21H18N4O2. The predicted octanol–water partition coefficient (Wildman–Crippen LogP) is 4.65. The van der Waals surface area contributed by atoms with Crippen LogP contribution in [0.2, 0.25) is 0 Å². The first-order valence-corrected chi connectivity index (χ1v) is 8.50. The van der Waals surface area contributed by atoms with E-state index in [4.69, 9.17) is 4.74 Å². The fraction of sp³-hybridized carbons (Fsp3) is 0.0476. The van der Waals surface area contributed by atoms with Gasteiger partial charge in [-0.2, -0.15) is 0 Å². The van der Waals surface area contributed by atoms with Crippen LogP contribution in [0.3, 0.4) is 0 Å². The van der Waals surface area contributed by atoms with Gasteiger partial charge < -0.3 is 10.1 Å². The van der Waals surface area contributed by atoms with Crippen LogP contribution < -0.4 is 15.4 Å². The van der Waals surface area contributed by atoms with Gasteiger partial charge in [-0.25, -0.2) is 9.78 Å². The van der Waals surface area contributed by atoms with Crippen LogP contribution in [-0.4, -0.2) is 22.5 Å². The van der Waals surface area contributed by atoms with Crippen molar-refractivity contribution in [2.75, 3.05) is 17.7 Å². The van der Waals surface area contributed by atoms with Crippen LogP contribution in [-0.2, 0) is 0 Å². The SMILES string of the molecule is COc1ccccc1NC(=O)Nc1c(-c2ccccc2)nc2ccccn12. The molecule has 2 aromatic heterocycles. The Labute approximate surface area is 156 Å². The molecule has 27 heavy (non-hydrogen) atoms. The topological polar surface area (TPSA) is 67.7 Å². The summed E-state index contributed by atoms with van der Waals surface area (Å²) in [6, 6.07) is 22.3. The molecule has 2 aromatic carbocycles. The molecule has 6 nitrogen and oxygen atoms in total. The molecule has 2 heterocycles. The summed E-state index contributed by atoms with van der Waals surface area (Å²) in [5.74, 6) is 1.19. The molecule has 0 aliphatic heterocycles. The van der Waals surface area contributed by atoms with E-state index >= 15 is 0 Å². The average Bonchev–Trinajstić information content (AvgIpc) is 3.07. The monoisotopic (exact) mass is 358 g/mol. The highest BCUT2D eigenvalue weighted by molar-refractivity contribution is 6.02. The smallest absolute Gasteiger partial charge is 0.324 e. The van der Waals surface area contributed by atoms with Gasteiger partial charge in [0, 0.05) is 11.8 Å². The molecule has 0 aliphatic carbocycles. The minimum Gasteiger partial charge on any atom is -0.495 e. The van der Waals surface area contributed by atoms with Crippen molar-refractivity contribution in [3.05, 3.63) is 79.0 Å². The van der Waals surface area contributed by atoms with Gasteiger partial charge in [0.05, 0.1) is 12.8 Å². The summed E-state index contributed by atoms with van der Waals surface area (Å²) in [7, 11) is 1.57. The number of rotatable bonds is 4. The molecule has 0 saturated heterocycles. The zero-order valence-electron chi connectivity index (χ0n) is 14.7. The first-order valence-electron chi connectivity index (χ1n) is 8.50. The Morgan fingerprint density at radius 2 is 1.67 bits per heavy atom. The quantitative estimate of drug-likeness (QED) is 0.558. The van der Waals surface area contributed by atoms with Gasteiger partial charge in [-0.05, 0) is 24.3 Å². The number of benzene rings is 2. The predicted molar refractivity (Wildman–Crippen MR) is 106 cm³/mol. The molecule has 4 rings (SSSR count). The maximum Gasteiger partial charge on any atom is 0.324 e. The number of ether oxygens (including phenoxy) is 1. The Bertz CT molecular complexity index is 1090. The Morgan fingerprint density at radius 3 is 2.48 bits per heavy atom. The van der Waals surface area contributed by atoms with Crippen LogP contribution >= 0.6 is 0 Å².